The van der Waals surface area contributed by atoms with Gasteiger partial charge >= 0.3 is 0 Å². The van der Waals surface area contributed by atoms with E-state index in [0.717, 1.165) is 25.3 Å². The second kappa shape index (κ2) is 7.26. The number of hydrogen-bond donors (Lipinski definition) is 1. The van der Waals surface area contributed by atoms with E-state index in [9.17, 15) is 18.0 Å². The van der Waals surface area contributed by atoms with Crippen molar-refractivity contribution in [2.45, 2.75) is 44.7 Å². The first kappa shape index (κ1) is 18.5. The molecule has 146 valence electrons. The molecule has 0 saturated heterocycles. The largest absolute Gasteiger partial charge is 0.363 e. The van der Waals surface area contributed by atoms with Gasteiger partial charge in [-0.15, -0.1) is 0 Å². The van der Waals surface area contributed by atoms with E-state index < -0.39 is 23.8 Å². The summed E-state index contributed by atoms with van der Waals surface area (Å²) in [6.07, 6.45) is 3.14. The van der Waals surface area contributed by atoms with Gasteiger partial charge in [0.15, 0.2) is 0 Å². The lowest BCUT2D eigenvalue weighted by atomic mass is 9.93. The van der Waals surface area contributed by atoms with Crippen LogP contribution in [0.4, 0.5) is 19.0 Å². The van der Waals surface area contributed by atoms with Crippen LogP contribution in [0.5, 0.6) is 0 Å². The van der Waals surface area contributed by atoms with Crippen molar-refractivity contribution in [1.82, 2.24) is 14.5 Å². The smallest absolute Gasteiger partial charge is 0.266 e. The fourth-order valence-electron chi connectivity index (χ4n) is 3.47. The van der Waals surface area contributed by atoms with Crippen LogP contribution in [0.1, 0.15) is 55.8 Å². The highest BCUT2D eigenvalue weighted by Gasteiger charge is 2.22. The lowest BCUT2D eigenvalue weighted by molar-refractivity contribution is 0.146. The zero-order chi connectivity index (χ0) is 19.8. The number of nitrogens with zero attached hydrogens (tertiary/aromatic N) is 3. The van der Waals surface area contributed by atoms with Gasteiger partial charge in [0.2, 0.25) is 0 Å². The molecular formula is C20H19F3N4O. The van der Waals surface area contributed by atoms with Crippen molar-refractivity contribution in [2.75, 3.05) is 5.32 Å². The van der Waals surface area contributed by atoms with Crippen molar-refractivity contribution in [2.24, 2.45) is 0 Å². The van der Waals surface area contributed by atoms with E-state index in [2.05, 4.69) is 15.3 Å². The summed E-state index contributed by atoms with van der Waals surface area (Å²) < 4.78 is 42.1. The second-order valence-corrected chi connectivity index (χ2v) is 7.04. The molecule has 8 heteroatoms. The van der Waals surface area contributed by atoms with Gasteiger partial charge in [0, 0.05) is 23.9 Å². The lowest BCUT2D eigenvalue weighted by Crippen LogP contribution is -2.28. The highest BCUT2D eigenvalue weighted by molar-refractivity contribution is 5.88. The molecule has 5 nitrogen and oxygen atoms in total. The van der Waals surface area contributed by atoms with Crippen LogP contribution in [0.25, 0.3) is 10.9 Å². The highest BCUT2D eigenvalue weighted by atomic mass is 19.3. The van der Waals surface area contributed by atoms with E-state index in [1.54, 1.807) is 17.7 Å². The molecule has 2 aromatic heterocycles. The number of halogens is 3. The van der Waals surface area contributed by atoms with Gasteiger partial charge in [-0.05, 0) is 26.2 Å². The van der Waals surface area contributed by atoms with E-state index in [-0.39, 0.29) is 17.2 Å². The number of anilines is 1. The predicted molar refractivity (Wildman–Crippen MR) is 100 cm³/mol. The molecule has 1 aliphatic carbocycles. The van der Waals surface area contributed by atoms with E-state index in [1.807, 2.05) is 0 Å². The van der Waals surface area contributed by atoms with Crippen LogP contribution in [0, 0.1) is 5.82 Å². The Morgan fingerprint density at radius 3 is 2.64 bits per heavy atom. The molecule has 0 unspecified atom stereocenters. The Hall–Kier alpha value is -2.90. The van der Waals surface area contributed by atoms with Crippen molar-refractivity contribution in [3.05, 3.63) is 64.1 Å². The summed E-state index contributed by atoms with van der Waals surface area (Å²) in [5.41, 5.74) is -0.146. The molecular weight excluding hydrogens is 369 g/mol. The Kier molecular flexibility index (Phi) is 4.78. The third kappa shape index (κ3) is 3.23. The van der Waals surface area contributed by atoms with Gasteiger partial charge in [0.1, 0.15) is 18.0 Å². The second-order valence-electron chi connectivity index (χ2n) is 7.04. The minimum atomic E-state index is -2.89. The van der Waals surface area contributed by atoms with Crippen LogP contribution >= 0.6 is 0 Å². The Morgan fingerprint density at radius 1 is 1.21 bits per heavy atom. The Labute approximate surface area is 159 Å². The molecule has 28 heavy (non-hydrogen) atoms. The van der Waals surface area contributed by atoms with Crippen molar-refractivity contribution < 1.29 is 13.2 Å². The molecule has 0 spiro atoms. The van der Waals surface area contributed by atoms with Crippen LogP contribution in [-0.4, -0.2) is 14.5 Å². The molecule has 0 amide bonds. The van der Waals surface area contributed by atoms with Crippen LogP contribution in [0.2, 0.25) is 0 Å². The zero-order valence-electron chi connectivity index (χ0n) is 15.2. The third-order valence-corrected chi connectivity index (χ3v) is 5.28. The van der Waals surface area contributed by atoms with Crippen molar-refractivity contribution in [1.29, 1.82) is 0 Å². The van der Waals surface area contributed by atoms with E-state index in [4.69, 9.17) is 0 Å². The first-order valence-corrected chi connectivity index (χ1v) is 9.15. The van der Waals surface area contributed by atoms with Crippen LogP contribution in [0.3, 0.4) is 0 Å². The monoisotopic (exact) mass is 388 g/mol. The molecule has 0 aliphatic heterocycles. The van der Waals surface area contributed by atoms with Gasteiger partial charge in [-0.1, -0.05) is 18.2 Å². The predicted octanol–water partition coefficient (Wildman–Crippen LogP) is 4.77. The fraction of sp³-hybridized carbons (Fsp3) is 0.350. The van der Waals surface area contributed by atoms with Gasteiger partial charge in [-0.2, -0.15) is 0 Å². The summed E-state index contributed by atoms with van der Waals surface area (Å²) in [5.74, 6) is -0.505. The van der Waals surface area contributed by atoms with Crippen molar-refractivity contribution >= 4 is 16.7 Å². The molecule has 1 fully saturated rings. The quantitative estimate of drug-likeness (QED) is 0.684. The maximum Gasteiger partial charge on any atom is 0.266 e. The Balaban J connectivity index is 1.72. The topological polar surface area (TPSA) is 59.8 Å². The maximum absolute atomic E-state index is 14.5. The van der Waals surface area contributed by atoms with E-state index >= 15 is 0 Å². The van der Waals surface area contributed by atoms with Crippen LogP contribution in [0.15, 0.2) is 41.6 Å². The molecule has 1 aromatic carbocycles. The molecule has 0 radical (unpaired) electrons. The Bertz CT molecular complexity index is 1080. The normalized spacial score (nSPS) is 15.6. The van der Waals surface area contributed by atoms with E-state index in [0.29, 0.717) is 16.7 Å². The van der Waals surface area contributed by atoms with Gasteiger partial charge in [-0.3, -0.25) is 4.79 Å². The number of alkyl halides is 2. The minimum Gasteiger partial charge on any atom is -0.363 e. The summed E-state index contributed by atoms with van der Waals surface area (Å²) >= 11 is 0. The molecule has 3 aromatic rings. The number of aromatic nitrogens is 3. The molecule has 1 saturated carbocycles. The van der Waals surface area contributed by atoms with Gasteiger partial charge in [0.25, 0.3) is 12.0 Å². The molecule has 1 aliphatic rings. The van der Waals surface area contributed by atoms with E-state index in [1.165, 1.54) is 24.5 Å². The molecule has 0 bridgehead atoms. The summed E-state index contributed by atoms with van der Waals surface area (Å²) in [7, 11) is 0. The summed E-state index contributed by atoms with van der Waals surface area (Å²) in [6, 6.07) is 4.97. The van der Waals surface area contributed by atoms with Crippen LogP contribution < -0.4 is 10.9 Å². The summed E-state index contributed by atoms with van der Waals surface area (Å²) in [4.78, 5) is 20.7. The standard InChI is InChI=1S/C20H19F3N4O/c1-11(13-6-3-7-14(18(13)21)19(22)23)26-20-15-9-27(12-4-2-5-12)17(28)8-16(15)24-10-25-20/h3,6-12,19H,2,4-5H2,1H3,(H,24,25,26)/t11-/m1/s1. The minimum absolute atomic E-state index is 0.120. The summed E-state index contributed by atoms with van der Waals surface area (Å²) in [5, 5.41) is 3.71. The summed E-state index contributed by atoms with van der Waals surface area (Å²) in [6.45, 7) is 1.67. The highest BCUT2D eigenvalue weighted by Crippen LogP contribution is 2.32. The lowest BCUT2D eigenvalue weighted by Gasteiger charge is -2.28. The number of rotatable bonds is 5. The average Bonchev–Trinajstić information content (AvgIpc) is 2.61. The fourth-order valence-corrected chi connectivity index (χ4v) is 3.47. The third-order valence-electron chi connectivity index (χ3n) is 5.28. The number of fused-ring (bicyclic) bond motifs is 1. The Morgan fingerprint density at radius 2 is 1.96 bits per heavy atom. The van der Waals surface area contributed by atoms with Gasteiger partial charge < -0.3 is 9.88 Å². The van der Waals surface area contributed by atoms with Crippen LogP contribution in [-0.2, 0) is 0 Å². The first-order valence-electron chi connectivity index (χ1n) is 9.15. The molecule has 2 heterocycles. The number of hydrogen-bond acceptors (Lipinski definition) is 4. The zero-order valence-corrected chi connectivity index (χ0v) is 15.2. The van der Waals surface area contributed by atoms with Crippen molar-refractivity contribution in [3.8, 4) is 0 Å². The SMILES string of the molecule is C[C@@H](Nc1ncnc2cc(=O)n(C3CCC3)cc12)c1cccc(C(F)F)c1F. The number of benzene rings is 1. The van der Waals surface area contributed by atoms with Gasteiger partial charge in [-0.25, -0.2) is 23.1 Å². The number of nitrogens with one attached hydrogen (secondary N) is 1. The first-order chi connectivity index (χ1) is 13.5. The average molecular weight is 388 g/mol. The molecule has 1 N–H and O–H groups in total. The van der Waals surface area contributed by atoms with Crippen molar-refractivity contribution in [3.63, 3.8) is 0 Å². The van der Waals surface area contributed by atoms with Gasteiger partial charge in [0.05, 0.1) is 22.5 Å². The maximum atomic E-state index is 14.5. The molecule has 4 rings (SSSR count). The molecule has 1 atom stereocenters. The number of pyridine rings is 1.